The lowest BCUT2D eigenvalue weighted by atomic mass is 10.3. The van der Waals surface area contributed by atoms with Crippen LogP contribution in [0.1, 0.15) is 0 Å². The van der Waals surface area contributed by atoms with Gasteiger partial charge in [0.05, 0.1) is 0 Å². The highest BCUT2D eigenvalue weighted by Gasteiger charge is 1.94. The van der Waals surface area contributed by atoms with Crippen molar-refractivity contribution >= 4 is 23.1 Å². The van der Waals surface area contributed by atoms with Gasteiger partial charge in [0.2, 0.25) is 0 Å². The Hall–Kier alpha value is -1.61. The fourth-order valence-corrected chi connectivity index (χ4v) is 1.18. The van der Waals surface area contributed by atoms with Crippen molar-refractivity contribution in [2.24, 2.45) is 0 Å². The molecule has 0 aliphatic rings. The molecule has 70 valence electrons. The maximum Gasteiger partial charge on any atom is 0.153 e. The fourth-order valence-electron chi connectivity index (χ4n) is 1.05. The van der Waals surface area contributed by atoms with E-state index in [4.69, 9.17) is 11.6 Å². The molecule has 14 heavy (non-hydrogen) atoms. The molecule has 0 spiro atoms. The third-order valence-electron chi connectivity index (χ3n) is 1.69. The zero-order valence-electron chi connectivity index (χ0n) is 7.31. The van der Waals surface area contributed by atoms with Crippen LogP contribution in [0, 0.1) is 0 Å². The minimum absolute atomic E-state index is 0.717. The van der Waals surface area contributed by atoms with Crippen LogP contribution in [-0.2, 0) is 0 Å². The lowest BCUT2D eigenvalue weighted by molar-refractivity contribution is 1.04. The summed E-state index contributed by atoms with van der Waals surface area (Å²) >= 11 is 5.76. The van der Waals surface area contributed by atoms with Crippen LogP contribution >= 0.6 is 11.6 Å². The van der Waals surface area contributed by atoms with Gasteiger partial charge in [0, 0.05) is 16.9 Å². The minimum Gasteiger partial charge on any atom is -0.339 e. The number of benzene rings is 1. The van der Waals surface area contributed by atoms with Gasteiger partial charge in [-0.25, -0.2) is 0 Å². The molecular weight excluding hydrogens is 198 g/mol. The Morgan fingerprint density at radius 3 is 2.50 bits per heavy atom. The largest absolute Gasteiger partial charge is 0.339 e. The fraction of sp³-hybridized carbons (Fsp3) is 0. The van der Waals surface area contributed by atoms with Gasteiger partial charge in [-0.05, 0) is 36.4 Å². The van der Waals surface area contributed by atoms with Crippen LogP contribution in [0.2, 0.25) is 5.02 Å². The van der Waals surface area contributed by atoms with Gasteiger partial charge in [-0.2, -0.15) is 5.10 Å². The molecule has 1 aromatic carbocycles. The standard InChI is InChI=1S/C10H8ClN3/c11-8-3-5-9(6-4-8)13-10-2-1-7-12-14-10/h1-7H,(H,13,14). The summed E-state index contributed by atoms with van der Waals surface area (Å²) in [5.41, 5.74) is 0.940. The Labute approximate surface area is 86.7 Å². The zero-order chi connectivity index (χ0) is 9.80. The first kappa shape index (κ1) is 8.97. The predicted octanol–water partition coefficient (Wildman–Crippen LogP) is 2.87. The number of aromatic nitrogens is 2. The van der Waals surface area contributed by atoms with Crippen molar-refractivity contribution in [2.45, 2.75) is 0 Å². The average Bonchev–Trinajstić information content (AvgIpc) is 2.23. The van der Waals surface area contributed by atoms with Crippen LogP contribution in [-0.4, -0.2) is 10.2 Å². The molecule has 1 heterocycles. The molecule has 0 aliphatic heterocycles. The van der Waals surface area contributed by atoms with Crippen molar-refractivity contribution in [1.29, 1.82) is 0 Å². The highest BCUT2D eigenvalue weighted by molar-refractivity contribution is 6.30. The van der Waals surface area contributed by atoms with E-state index in [1.807, 2.05) is 36.4 Å². The third-order valence-corrected chi connectivity index (χ3v) is 1.94. The Balaban J connectivity index is 2.16. The molecule has 2 rings (SSSR count). The molecular formula is C10H8ClN3. The molecule has 0 aliphatic carbocycles. The Bertz CT molecular complexity index is 399. The summed E-state index contributed by atoms with van der Waals surface area (Å²) in [6.07, 6.45) is 1.63. The van der Waals surface area contributed by atoms with E-state index in [2.05, 4.69) is 15.5 Å². The van der Waals surface area contributed by atoms with Gasteiger partial charge in [0.25, 0.3) is 0 Å². The lowest BCUT2D eigenvalue weighted by Gasteiger charge is -2.03. The first-order valence-electron chi connectivity index (χ1n) is 4.15. The maximum absolute atomic E-state index is 5.76. The zero-order valence-corrected chi connectivity index (χ0v) is 8.07. The van der Waals surface area contributed by atoms with E-state index in [9.17, 15) is 0 Å². The lowest BCUT2D eigenvalue weighted by Crippen LogP contribution is -1.93. The van der Waals surface area contributed by atoms with E-state index < -0.39 is 0 Å². The molecule has 0 bridgehead atoms. The molecule has 0 atom stereocenters. The molecule has 0 fully saturated rings. The topological polar surface area (TPSA) is 37.8 Å². The first-order chi connectivity index (χ1) is 6.84. The summed E-state index contributed by atoms with van der Waals surface area (Å²) in [5.74, 6) is 0.717. The molecule has 0 radical (unpaired) electrons. The van der Waals surface area contributed by atoms with Gasteiger partial charge < -0.3 is 5.32 Å². The first-order valence-corrected chi connectivity index (χ1v) is 4.53. The quantitative estimate of drug-likeness (QED) is 0.819. The van der Waals surface area contributed by atoms with Crippen molar-refractivity contribution < 1.29 is 0 Å². The van der Waals surface area contributed by atoms with Crippen LogP contribution in [0.15, 0.2) is 42.6 Å². The molecule has 0 amide bonds. The van der Waals surface area contributed by atoms with Gasteiger partial charge >= 0.3 is 0 Å². The number of halogens is 1. The Kier molecular flexibility index (Phi) is 2.60. The van der Waals surface area contributed by atoms with Crippen molar-refractivity contribution in [3.63, 3.8) is 0 Å². The molecule has 2 aromatic rings. The monoisotopic (exact) mass is 205 g/mol. The van der Waals surface area contributed by atoms with Crippen LogP contribution in [0.25, 0.3) is 0 Å². The molecule has 0 unspecified atom stereocenters. The number of anilines is 2. The summed E-state index contributed by atoms with van der Waals surface area (Å²) < 4.78 is 0. The second-order valence-corrected chi connectivity index (χ2v) is 3.18. The van der Waals surface area contributed by atoms with Gasteiger partial charge in [0.1, 0.15) is 0 Å². The molecule has 1 aromatic heterocycles. The van der Waals surface area contributed by atoms with Crippen molar-refractivity contribution in [1.82, 2.24) is 10.2 Å². The third kappa shape index (κ3) is 2.20. The highest BCUT2D eigenvalue weighted by atomic mass is 35.5. The average molecular weight is 206 g/mol. The summed E-state index contributed by atoms with van der Waals surface area (Å²) in [6.45, 7) is 0. The normalized spacial score (nSPS) is 9.79. The van der Waals surface area contributed by atoms with Crippen LogP contribution < -0.4 is 5.32 Å². The maximum atomic E-state index is 5.76. The van der Waals surface area contributed by atoms with E-state index in [0.717, 1.165) is 16.5 Å². The smallest absolute Gasteiger partial charge is 0.153 e. The van der Waals surface area contributed by atoms with Gasteiger partial charge in [-0.15, -0.1) is 5.10 Å². The summed E-state index contributed by atoms with van der Waals surface area (Å²) in [4.78, 5) is 0. The second kappa shape index (κ2) is 4.07. The molecule has 0 saturated carbocycles. The number of hydrogen-bond acceptors (Lipinski definition) is 3. The SMILES string of the molecule is Clc1ccc(Nc2cccnn2)cc1. The van der Waals surface area contributed by atoms with Crippen molar-refractivity contribution in [3.8, 4) is 0 Å². The van der Waals surface area contributed by atoms with E-state index in [-0.39, 0.29) is 0 Å². The number of rotatable bonds is 2. The van der Waals surface area contributed by atoms with Crippen LogP contribution in [0.5, 0.6) is 0 Å². The number of nitrogens with one attached hydrogen (secondary N) is 1. The molecule has 0 saturated heterocycles. The molecule has 3 nitrogen and oxygen atoms in total. The van der Waals surface area contributed by atoms with Crippen LogP contribution in [0.3, 0.4) is 0 Å². The second-order valence-electron chi connectivity index (χ2n) is 2.74. The van der Waals surface area contributed by atoms with Crippen molar-refractivity contribution in [3.05, 3.63) is 47.6 Å². The van der Waals surface area contributed by atoms with Crippen molar-refractivity contribution in [2.75, 3.05) is 5.32 Å². The molecule has 1 N–H and O–H groups in total. The van der Waals surface area contributed by atoms with Gasteiger partial charge in [0.15, 0.2) is 5.82 Å². The van der Waals surface area contributed by atoms with Gasteiger partial charge in [-0.3, -0.25) is 0 Å². The van der Waals surface area contributed by atoms with E-state index >= 15 is 0 Å². The van der Waals surface area contributed by atoms with E-state index in [0.29, 0.717) is 0 Å². The Morgan fingerprint density at radius 2 is 1.86 bits per heavy atom. The summed E-state index contributed by atoms with van der Waals surface area (Å²) in [6, 6.07) is 11.1. The summed E-state index contributed by atoms with van der Waals surface area (Å²) in [7, 11) is 0. The highest BCUT2D eigenvalue weighted by Crippen LogP contribution is 2.16. The summed E-state index contributed by atoms with van der Waals surface area (Å²) in [5, 5.41) is 11.5. The number of hydrogen-bond donors (Lipinski definition) is 1. The predicted molar refractivity (Wildman–Crippen MR) is 56.8 cm³/mol. The number of nitrogens with zero attached hydrogens (tertiary/aromatic N) is 2. The van der Waals surface area contributed by atoms with E-state index in [1.165, 1.54) is 0 Å². The van der Waals surface area contributed by atoms with Crippen LogP contribution in [0.4, 0.5) is 11.5 Å². The molecule has 4 heteroatoms. The van der Waals surface area contributed by atoms with Gasteiger partial charge in [-0.1, -0.05) is 11.6 Å². The minimum atomic E-state index is 0.717. The van der Waals surface area contributed by atoms with E-state index in [1.54, 1.807) is 6.20 Å². The Morgan fingerprint density at radius 1 is 1.07 bits per heavy atom.